The first-order valence-corrected chi connectivity index (χ1v) is 12.8. The largest absolute Gasteiger partial charge is 0.494 e. The highest BCUT2D eigenvalue weighted by atomic mass is 16.6. The summed E-state index contributed by atoms with van der Waals surface area (Å²) < 4.78 is 5.51. The Morgan fingerprint density at radius 2 is 1.79 bits per heavy atom. The molecule has 0 bridgehead atoms. The van der Waals surface area contributed by atoms with Gasteiger partial charge in [0.2, 0.25) is 0 Å². The molecule has 0 aromatic heterocycles. The number of aryl methyl sites for hydroxylation is 1. The molecule has 1 aliphatic heterocycles. The van der Waals surface area contributed by atoms with Crippen molar-refractivity contribution in [3.8, 4) is 11.8 Å². The Morgan fingerprint density at radius 1 is 1.08 bits per heavy atom. The molecule has 39 heavy (non-hydrogen) atoms. The second-order valence-corrected chi connectivity index (χ2v) is 9.73. The number of Topliss-reactive ketones (excluding diaryl/α,β-unsaturated/α-hetero) is 1. The van der Waals surface area contributed by atoms with Crippen LogP contribution in [0, 0.1) is 28.4 Å². The molecule has 0 saturated heterocycles. The van der Waals surface area contributed by atoms with Crippen molar-refractivity contribution in [3.63, 3.8) is 0 Å². The van der Waals surface area contributed by atoms with Crippen LogP contribution in [0.15, 0.2) is 95.5 Å². The zero-order valence-corrected chi connectivity index (χ0v) is 21.8. The number of nitro groups is 1. The number of nitrogens with two attached hydrogens (primary N) is 1. The van der Waals surface area contributed by atoms with Crippen molar-refractivity contribution < 1.29 is 14.5 Å². The summed E-state index contributed by atoms with van der Waals surface area (Å²) in [5.41, 5.74) is 10.7. The second-order valence-electron chi connectivity index (χ2n) is 9.73. The van der Waals surface area contributed by atoms with E-state index in [1.165, 1.54) is 6.07 Å². The molecule has 2 atom stereocenters. The number of nitro benzene ring substituents is 1. The highest BCUT2D eigenvalue weighted by Gasteiger charge is 2.44. The van der Waals surface area contributed by atoms with Crippen LogP contribution in [0.3, 0.4) is 0 Å². The van der Waals surface area contributed by atoms with Gasteiger partial charge < -0.3 is 10.5 Å². The lowest BCUT2D eigenvalue weighted by Crippen LogP contribution is -2.40. The van der Waals surface area contributed by atoms with E-state index < -0.39 is 10.8 Å². The van der Waals surface area contributed by atoms with E-state index in [4.69, 9.17) is 10.5 Å². The van der Waals surface area contributed by atoms with E-state index in [1.54, 1.807) is 24.0 Å². The topological polar surface area (TPSA) is 122 Å². The summed E-state index contributed by atoms with van der Waals surface area (Å²) in [5, 5.41) is 22.5. The maximum absolute atomic E-state index is 14.0. The molecule has 0 spiro atoms. The molecule has 2 aliphatic rings. The lowest BCUT2D eigenvalue weighted by Gasteiger charge is -2.41. The molecule has 8 nitrogen and oxygen atoms in total. The quantitative estimate of drug-likeness (QED) is 0.312. The molecular weight excluding hydrogens is 492 g/mol. The molecule has 3 aromatic carbocycles. The summed E-state index contributed by atoms with van der Waals surface area (Å²) in [6, 6.07) is 24.2. The van der Waals surface area contributed by atoms with Gasteiger partial charge in [-0.15, -0.1) is 0 Å². The zero-order chi connectivity index (χ0) is 27.7. The number of ketones is 1. The van der Waals surface area contributed by atoms with Gasteiger partial charge in [0.05, 0.1) is 35.2 Å². The summed E-state index contributed by atoms with van der Waals surface area (Å²) in [5.74, 6) is -0.476. The van der Waals surface area contributed by atoms with E-state index in [0.29, 0.717) is 30.0 Å². The van der Waals surface area contributed by atoms with E-state index in [0.717, 1.165) is 16.7 Å². The van der Waals surface area contributed by atoms with Crippen molar-refractivity contribution in [2.75, 3.05) is 11.5 Å². The first kappa shape index (κ1) is 25.7. The smallest absolute Gasteiger partial charge is 0.296 e. The highest BCUT2D eigenvalue weighted by Crippen LogP contribution is 2.50. The molecule has 0 amide bonds. The van der Waals surface area contributed by atoms with Crippen LogP contribution < -0.4 is 15.4 Å². The summed E-state index contributed by atoms with van der Waals surface area (Å²) in [7, 11) is 0. The van der Waals surface area contributed by atoms with Gasteiger partial charge >= 0.3 is 0 Å². The number of rotatable bonds is 6. The summed E-state index contributed by atoms with van der Waals surface area (Å²) >= 11 is 0. The van der Waals surface area contributed by atoms with Crippen molar-refractivity contribution in [1.29, 1.82) is 5.26 Å². The number of allylic oxidation sites excluding steroid dienone is 3. The number of nitriles is 1. The van der Waals surface area contributed by atoms with E-state index >= 15 is 0 Å². The molecule has 2 N–H and O–H groups in total. The third-order valence-corrected chi connectivity index (χ3v) is 7.34. The van der Waals surface area contributed by atoms with Crippen LogP contribution in [0.4, 0.5) is 11.4 Å². The van der Waals surface area contributed by atoms with E-state index in [-0.39, 0.29) is 40.9 Å². The number of anilines is 1. The molecule has 0 unspecified atom stereocenters. The number of nitrogens with zero attached hydrogens (tertiary/aromatic N) is 3. The summed E-state index contributed by atoms with van der Waals surface area (Å²) in [4.78, 5) is 27.2. The fraction of sp³-hybridized carbons (Fsp3) is 0.226. The first-order chi connectivity index (χ1) is 18.8. The molecule has 0 fully saturated rings. The van der Waals surface area contributed by atoms with Gasteiger partial charge in [0.25, 0.3) is 5.69 Å². The Bertz CT molecular complexity index is 1550. The average molecular weight is 521 g/mol. The molecule has 1 aliphatic carbocycles. The Morgan fingerprint density at radius 3 is 2.44 bits per heavy atom. The monoisotopic (exact) mass is 520 g/mol. The van der Waals surface area contributed by atoms with Crippen molar-refractivity contribution in [2.45, 2.75) is 38.5 Å². The van der Waals surface area contributed by atoms with Crippen LogP contribution in [-0.4, -0.2) is 17.3 Å². The highest BCUT2D eigenvalue weighted by molar-refractivity contribution is 6.02. The lowest BCUT2D eigenvalue weighted by atomic mass is 9.71. The Labute approximate surface area is 226 Å². The van der Waals surface area contributed by atoms with Crippen molar-refractivity contribution in [3.05, 3.63) is 122 Å². The molecular formula is C31H28N4O4. The summed E-state index contributed by atoms with van der Waals surface area (Å²) in [6.07, 6.45) is 0.695. The SMILES string of the molecule is CCOc1ccc(N2C(N)=C(C#N)[C@H](c3ccc(C)cc3)C3=C2C[C@H](c2ccccc2)CC3=O)c([N+](=O)[O-])c1. The fourth-order valence-electron chi connectivity index (χ4n) is 5.55. The number of ether oxygens (including phenoxy) is 1. The van der Waals surface area contributed by atoms with E-state index in [2.05, 4.69) is 6.07 Å². The van der Waals surface area contributed by atoms with Crippen LogP contribution in [0.1, 0.15) is 48.3 Å². The number of hydrogen-bond acceptors (Lipinski definition) is 7. The Balaban J connectivity index is 1.76. The minimum atomic E-state index is -0.659. The number of hydrogen-bond donors (Lipinski definition) is 1. The predicted molar refractivity (Wildman–Crippen MR) is 148 cm³/mol. The van der Waals surface area contributed by atoms with Gasteiger partial charge in [-0.05, 0) is 49.4 Å². The summed E-state index contributed by atoms with van der Waals surface area (Å²) in [6.45, 7) is 4.11. The normalized spacial score (nSPS) is 19.0. The van der Waals surface area contributed by atoms with Gasteiger partial charge in [-0.25, -0.2) is 0 Å². The molecule has 196 valence electrons. The third-order valence-electron chi connectivity index (χ3n) is 7.34. The van der Waals surface area contributed by atoms with Crippen molar-refractivity contribution in [1.82, 2.24) is 0 Å². The van der Waals surface area contributed by atoms with Crippen LogP contribution in [0.25, 0.3) is 0 Å². The van der Waals surface area contributed by atoms with Crippen LogP contribution in [-0.2, 0) is 4.79 Å². The van der Waals surface area contributed by atoms with Crippen LogP contribution >= 0.6 is 0 Å². The number of carbonyl (C=O) groups excluding carboxylic acids is 1. The zero-order valence-electron chi connectivity index (χ0n) is 21.8. The van der Waals surface area contributed by atoms with E-state index in [1.807, 2.05) is 61.5 Å². The van der Waals surface area contributed by atoms with Gasteiger partial charge in [0, 0.05) is 17.7 Å². The molecule has 0 saturated carbocycles. The Hall–Kier alpha value is -4.90. The van der Waals surface area contributed by atoms with Crippen LogP contribution in [0.2, 0.25) is 0 Å². The average Bonchev–Trinajstić information content (AvgIpc) is 2.93. The minimum Gasteiger partial charge on any atom is -0.494 e. The van der Waals surface area contributed by atoms with Gasteiger partial charge in [0.15, 0.2) is 5.78 Å². The second kappa shape index (κ2) is 10.5. The van der Waals surface area contributed by atoms with Gasteiger partial charge in [-0.3, -0.25) is 19.8 Å². The minimum absolute atomic E-state index is 0.0793. The Kier molecular flexibility index (Phi) is 6.90. The lowest BCUT2D eigenvalue weighted by molar-refractivity contribution is -0.384. The van der Waals surface area contributed by atoms with Gasteiger partial charge in [-0.1, -0.05) is 60.2 Å². The third kappa shape index (κ3) is 4.64. The van der Waals surface area contributed by atoms with E-state index in [9.17, 15) is 20.2 Å². The maximum atomic E-state index is 14.0. The predicted octanol–water partition coefficient (Wildman–Crippen LogP) is 6.00. The number of carbonyl (C=O) groups is 1. The molecule has 5 rings (SSSR count). The number of benzene rings is 3. The standard InChI is InChI=1S/C31H28N4O4/c1-3-39-23-13-14-25(26(17-23)35(37)38)34-27-15-22(20-7-5-4-6-8-20)16-28(36)30(27)29(24(18-32)31(34)33)21-11-9-19(2)10-12-21/h4-14,17,22,29H,3,15-16,33H2,1-2H3/t22-,29-/m0/s1. The van der Waals surface area contributed by atoms with Gasteiger partial charge in [0.1, 0.15) is 17.3 Å². The molecule has 0 radical (unpaired) electrons. The maximum Gasteiger partial charge on any atom is 0.296 e. The molecule has 1 heterocycles. The fourth-order valence-corrected chi connectivity index (χ4v) is 5.55. The first-order valence-electron chi connectivity index (χ1n) is 12.8. The van der Waals surface area contributed by atoms with Crippen molar-refractivity contribution in [2.24, 2.45) is 5.73 Å². The van der Waals surface area contributed by atoms with Crippen LogP contribution in [0.5, 0.6) is 5.75 Å². The molecule has 3 aromatic rings. The van der Waals surface area contributed by atoms with Gasteiger partial charge in [-0.2, -0.15) is 5.26 Å². The van der Waals surface area contributed by atoms with Crippen molar-refractivity contribution >= 4 is 17.2 Å². The molecule has 8 heteroatoms.